The second-order valence-electron chi connectivity index (χ2n) is 9.01. The number of nitrogens with one attached hydrogen (secondary N) is 2. The molecule has 3 aromatic rings. The number of hydrogen-bond acceptors (Lipinski definition) is 4. The van der Waals surface area contributed by atoms with E-state index in [-0.39, 0.29) is 30.3 Å². The molecule has 0 aliphatic carbocycles. The van der Waals surface area contributed by atoms with Crippen molar-refractivity contribution in [2.45, 2.75) is 38.0 Å². The number of allylic oxidation sites excluding steroid dienone is 1. The number of rotatable bonds is 11. The minimum Gasteiger partial charge on any atom is -0.366 e. The first-order valence-electron chi connectivity index (χ1n) is 12.3. The van der Waals surface area contributed by atoms with E-state index in [4.69, 9.17) is 11.1 Å². The van der Waals surface area contributed by atoms with Gasteiger partial charge in [-0.1, -0.05) is 19.1 Å². The number of hydrogen-bond donors (Lipinski definition) is 4. The van der Waals surface area contributed by atoms with Gasteiger partial charge in [-0.2, -0.15) is 13.2 Å². The van der Waals surface area contributed by atoms with Crippen molar-refractivity contribution in [3.8, 4) is 11.1 Å². The fourth-order valence-electron chi connectivity index (χ4n) is 4.13. The predicted octanol–water partition coefficient (Wildman–Crippen LogP) is 4.10. The number of primary amides is 1. The summed E-state index contributed by atoms with van der Waals surface area (Å²) in [5.74, 6) is -4.33. The molecule has 1 aromatic heterocycles. The molecule has 6 N–H and O–H groups in total. The summed E-state index contributed by atoms with van der Waals surface area (Å²) in [6.45, 7) is 1.57. The highest BCUT2D eigenvalue weighted by Gasteiger charge is 2.34. The van der Waals surface area contributed by atoms with E-state index >= 15 is 0 Å². The topological polar surface area (TPSA) is 126 Å². The van der Waals surface area contributed by atoms with Crippen LogP contribution in [0.2, 0.25) is 0 Å². The largest absolute Gasteiger partial charge is 0.422 e. The van der Waals surface area contributed by atoms with E-state index in [1.807, 2.05) is 0 Å². The van der Waals surface area contributed by atoms with Crippen LogP contribution in [0.5, 0.6) is 0 Å². The Labute approximate surface area is 231 Å². The van der Waals surface area contributed by atoms with Crippen LogP contribution < -0.4 is 16.4 Å². The Balaban J connectivity index is 2.06. The van der Waals surface area contributed by atoms with Crippen LogP contribution in [-0.4, -0.2) is 35.2 Å². The lowest BCUT2D eigenvalue weighted by atomic mass is 9.94. The van der Waals surface area contributed by atoms with E-state index in [1.54, 1.807) is 13.0 Å². The first-order chi connectivity index (χ1) is 19.3. The number of carbonyl (C=O) groups excluding carboxylic acids is 2. The van der Waals surface area contributed by atoms with Crippen molar-refractivity contribution in [1.82, 2.24) is 10.3 Å². The highest BCUT2D eigenvalue weighted by atomic mass is 19.4. The van der Waals surface area contributed by atoms with Crippen LogP contribution in [0.1, 0.15) is 41.0 Å². The number of carbonyl (C=O) groups is 2. The molecule has 13 heteroatoms. The SMILES string of the molecule is CCC([NH2+]C=C(C=N)C(F)(F)F)C(=O)NC(Cc1cc(F)cc(F)c1)c1ncccc1-c1ccc(F)c(C(N)=O)c1. The van der Waals surface area contributed by atoms with Gasteiger partial charge in [-0.05, 0) is 47.9 Å². The molecule has 2 amide bonds. The molecule has 41 heavy (non-hydrogen) atoms. The maximum atomic E-state index is 14.1. The average Bonchev–Trinajstić information content (AvgIpc) is 2.89. The predicted molar refractivity (Wildman–Crippen MR) is 138 cm³/mol. The fourth-order valence-corrected chi connectivity index (χ4v) is 4.13. The number of nitrogens with zero attached hydrogens (tertiary/aromatic N) is 1. The molecule has 0 spiro atoms. The van der Waals surface area contributed by atoms with Crippen molar-refractivity contribution < 1.29 is 41.2 Å². The molecule has 0 saturated heterocycles. The molecule has 3 rings (SSSR count). The Morgan fingerprint density at radius 2 is 1.78 bits per heavy atom. The van der Waals surface area contributed by atoms with Crippen LogP contribution in [0.4, 0.5) is 26.3 Å². The van der Waals surface area contributed by atoms with Crippen LogP contribution in [0.15, 0.2) is 66.5 Å². The van der Waals surface area contributed by atoms with Gasteiger partial charge >= 0.3 is 6.18 Å². The lowest BCUT2D eigenvalue weighted by Gasteiger charge is -2.23. The molecule has 2 unspecified atom stereocenters. The lowest BCUT2D eigenvalue weighted by molar-refractivity contribution is -0.614. The molecule has 0 aliphatic rings. The van der Waals surface area contributed by atoms with Crippen molar-refractivity contribution in [3.05, 3.63) is 101 Å². The number of quaternary nitrogens is 1. The Morgan fingerprint density at radius 3 is 2.37 bits per heavy atom. The number of benzene rings is 2. The highest BCUT2D eigenvalue weighted by Crippen LogP contribution is 2.30. The number of nitrogens with two attached hydrogens (primary N) is 2. The minimum absolute atomic E-state index is 0.0851. The van der Waals surface area contributed by atoms with Crippen LogP contribution in [-0.2, 0) is 11.2 Å². The standard InChI is InChI=1S/C28H25F6N5O2/c1-2-23(38-14-17(13-35)28(32,33)34)27(41)39-24(10-15-8-18(29)12-19(30)9-15)25-20(4-3-7-37-25)16-5-6-22(31)21(11-16)26(36)40/h3-9,11-14,23-24,35,38H,2,10H2,1H3,(H2,36,40)(H,39,41)/p+1. The first kappa shape index (κ1) is 31.0. The highest BCUT2D eigenvalue weighted by molar-refractivity contribution is 5.94. The van der Waals surface area contributed by atoms with Gasteiger partial charge in [0, 0.05) is 30.5 Å². The number of pyridine rings is 1. The number of alkyl halides is 3. The zero-order valence-electron chi connectivity index (χ0n) is 21.6. The number of aromatic nitrogens is 1. The van der Waals surface area contributed by atoms with Crippen LogP contribution >= 0.6 is 0 Å². The molecule has 1 heterocycles. The maximum Gasteiger partial charge on any atom is 0.422 e. The van der Waals surface area contributed by atoms with Crippen molar-refractivity contribution in [1.29, 1.82) is 5.41 Å². The third-order valence-corrected chi connectivity index (χ3v) is 6.16. The molecule has 0 radical (unpaired) electrons. The summed E-state index contributed by atoms with van der Waals surface area (Å²) < 4.78 is 81.3. The van der Waals surface area contributed by atoms with E-state index in [1.165, 1.54) is 24.4 Å². The van der Waals surface area contributed by atoms with Gasteiger partial charge in [-0.25, -0.2) is 13.2 Å². The molecule has 0 saturated carbocycles. The van der Waals surface area contributed by atoms with Gasteiger partial charge < -0.3 is 21.8 Å². The van der Waals surface area contributed by atoms with E-state index in [0.717, 1.165) is 23.5 Å². The van der Waals surface area contributed by atoms with Crippen molar-refractivity contribution >= 4 is 18.0 Å². The van der Waals surface area contributed by atoms with Crippen LogP contribution in [0.3, 0.4) is 0 Å². The molecule has 216 valence electrons. The number of amides is 2. The van der Waals surface area contributed by atoms with Crippen molar-refractivity contribution in [3.63, 3.8) is 0 Å². The van der Waals surface area contributed by atoms with E-state index in [9.17, 15) is 35.9 Å². The maximum absolute atomic E-state index is 14.1. The summed E-state index contributed by atoms with van der Waals surface area (Å²) >= 11 is 0. The van der Waals surface area contributed by atoms with E-state index in [0.29, 0.717) is 23.4 Å². The normalized spacial score (nSPS) is 13.4. The summed E-state index contributed by atoms with van der Waals surface area (Å²) in [6, 6.07) is 7.32. The van der Waals surface area contributed by atoms with Crippen molar-refractivity contribution in [2.24, 2.45) is 5.73 Å². The Kier molecular flexibility index (Phi) is 10.0. The summed E-state index contributed by atoms with van der Waals surface area (Å²) in [5.41, 5.74) is 4.56. The Hall–Kier alpha value is -4.52. The molecule has 2 atom stereocenters. The third kappa shape index (κ3) is 8.01. The van der Waals surface area contributed by atoms with Gasteiger partial charge in [0.2, 0.25) is 0 Å². The quantitative estimate of drug-likeness (QED) is 0.202. The second kappa shape index (κ2) is 13.2. The summed E-state index contributed by atoms with van der Waals surface area (Å²) in [5, 5.41) is 10.7. The van der Waals surface area contributed by atoms with Gasteiger partial charge in [0.15, 0.2) is 6.04 Å². The summed E-state index contributed by atoms with van der Waals surface area (Å²) in [7, 11) is 0. The summed E-state index contributed by atoms with van der Waals surface area (Å²) in [4.78, 5) is 29.3. The summed E-state index contributed by atoms with van der Waals surface area (Å²) in [6.07, 6.45) is -2.75. The molecule has 0 aliphatic heterocycles. The van der Waals surface area contributed by atoms with Gasteiger partial charge in [-0.15, -0.1) is 0 Å². The van der Waals surface area contributed by atoms with Gasteiger partial charge in [0.05, 0.1) is 17.3 Å². The van der Waals surface area contributed by atoms with E-state index in [2.05, 4.69) is 10.3 Å². The smallest absolute Gasteiger partial charge is 0.366 e. The average molecular weight is 579 g/mol. The van der Waals surface area contributed by atoms with Crippen LogP contribution in [0.25, 0.3) is 11.1 Å². The number of halogens is 6. The minimum atomic E-state index is -4.79. The molecule has 0 fully saturated rings. The molecule has 2 aromatic carbocycles. The third-order valence-electron chi connectivity index (χ3n) is 6.16. The van der Waals surface area contributed by atoms with Gasteiger partial charge in [0.1, 0.15) is 29.2 Å². The second-order valence-corrected chi connectivity index (χ2v) is 9.01. The van der Waals surface area contributed by atoms with Gasteiger partial charge in [-0.3, -0.25) is 14.6 Å². The molecule has 7 nitrogen and oxygen atoms in total. The lowest BCUT2D eigenvalue weighted by Crippen LogP contribution is -2.88. The Bertz CT molecular complexity index is 1450. The van der Waals surface area contributed by atoms with Crippen LogP contribution in [0, 0.1) is 22.9 Å². The molecule has 0 bridgehead atoms. The zero-order chi connectivity index (χ0) is 30.3. The Morgan fingerprint density at radius 1 is 1.10 bits per heavy atom. The van der Waals surface area contributed by atoms with Crippen molar-refractivity contribution in [2.75, 3.05) is 0 Å². The van der Waals surface area contributed by atoms with Gasteiger partial charge in [0.25, 0.3) is 11.8 Å². The molecular formula is C28H26F6N5O2+. The fraction of sp³-hybridized carbons (Fsp3) is 0.214. The zero-order valence-corrected chi connectivity index (χ0v) is 21.6. The first-order valence-corrected chi connectivity index (χ1v) is 12.3. The van der Waals surface area contributed by atoms with E-state index < -0.39 is 58.7 Å². The molecular weight excluding hydrogens is 552 g/mol. The monoisotopic (exact) mass is 578 g/mol.